The highest BCUT2D eigenvalue weighted by Crippen LogP contribution is 2.27. The number of para-hydroxylation sites is 1. The third-order valence-corrected chi connectivity index (χ3v) is 5.03. The highest BCUT2D eigenvalue weighted by molar-refractivity contribution is 9.10. The Labute approximate surface area is 197 Å². The van der Waals surface area contributed by atoms with Gasteiger partial charge in [0.2, 0.25) is 5.91 Å². The fraction of sp³-hybridized carbons (Fsp3) is 0.417. The Bertz CT molecular complexity index is 882. The van der Waals surface area contributed by atoms with E-state index in [1.54, 1.807) is 32.9 Å². The lowest BCUT2D eigenvalue weighted by Gasteiger charge is -2.24. The van der Waals surface area contributed by atoms with Gasteiger partial charge in [-0.3, -0.25) is 4.79 Å². The van der Waals surface area contributed by atoms with Gasteiger partial charge in [0.1, 0.15) is 5.60 Å². The fourth-order valence-electron chi connectivity index (χ4n) is 2.94. The minimum Gasteiger partial charge on any atom is -0.489 e. The predicted octanol–water partition coefficient (Wildman–Crippen LogP) is 5.52. The summed E-state index contributed by atoms with van der Waals surface area (Å²) in [5, 5.41) is 5.68. The molecule has 0 aromatic heterocycles. The van der Waals surface area contributed by atoms with Gasteiger partial charge in [-0.15, -0.1) is 0 Å². The van der Waals surface area contributed by atoms with Crippen LogP contribution in [0, 0.1) is 5.82 Å². The van der Waals surface area contributed by atoms with E-state index in [2.05, 4.69) is 26.6 Å². The summed E-state index contributed by atoms with van der Waals surface area (Å²) in [6.07, 6.45) is -0.0499. The summed E-state index contributed by atoms with van der Waals surface area (Å²) in [5.74, 6) is -0.527. The molecule has 0 fully saturated rings. The molecule has 6 nitrogen and oxygen atoms in total. The third-order valence-electron chi connectivity index (χ3n) is 4.41. The number of alkyl carbamates (subject to hydrolysis) is 1. The molecule has 8 heteroatoms. The number of hydrogen-bond acceptors (Lipinski definition) is 4. The Kier molecular flexibility index (Phi) is 9.50. The monoisotopic (exact) mass is 508 g/mol. The van der Waals surface area contributed by atoms with Crippen LogP contribution >= 0.6 is 15.9 Å². The Morgan fingerprint density at radius 2 is 1.75 bits per heavy atom. The van der Waals surface area contributed by atoms with Crippen LogP contribution in [0.15, 0.2) is 53.0 Å². The lowest BCUT2D eigenvalue weighted by atomic mass is 10.0. The second kappa shape index (κ2) is 11.9. The van der Waals surface area contributed by atoms with Gasteiger partial charge in [-0.1, -0.05) is 36.4 Å². The zero-order valence-electron chi connectivity index (χ0n) is 18.8. The summed E-state index contributed by atoms with van der Waals surface area (Å²) in [6.45, 7) is 7.41. The number of hydrogen-bond donors (Lipinski definition) is 2. The van der Waals surface area contributed by atoms with Crippen molar-refractivity contribution in [1.82, 2.24) is 10.6 Å². The van der Waals surface area contributed by atoms with Crippen LogP contribution in [-0.4, -0.2) is 30.3 Å². The van der Waals surface area contributed by atoms with Gasteiger partial charge in [0.25, 0.3) is 0 Å². The van der Waals surface area contributed by atoms with Crippen molar-refractivity contribution in [1.29, 1.82) is 0 Å². The van der Waals surface area contributed by atoms with Crippen LogP contribution in [0.2, 0.25) is 0 Å². The number of nitrogens with one attached hydrogen (secondary N) is 2. The molecule has 2 rings (SSSR count). The quantitative estimate of drug-likeness (QED) is 0.467. The minimum absolute atomic E-state index is 0.0489. The first-order valence-electron chi connectivity index (χ1n) is 10.5. The molecule has 0 aliphatic heterocycles. The number of amides is 2. The van der Waals surface area contributed by atoms with Gasteiger partial charge >= 0.3 is 6.09 Å². The fourth-order valence-corrected chi connectivity index (χ4v) is 3.39. The van der Waals surface area contributed by atoms with Crippen molar-refractivity contribution in [2.24, 2.45) is 0 Å². The molecular weight excluding hydrogens is 479 g/mol. The Balaban J connectivity index is 1.90. The van der Waals surface area contributed by atoms with Gasteiger partial charge in [-0.2, -0.15) is 0 Å². The highest BCUT2D eigenvalue weighted by atomic mass is 79.9. The van der Waals surface area contributed by atoms with Gasteiger partial charge < -0.3 is 20.1 Å². The van der Waals surface area contributed by atoms with E-state index in [1.807, 2.05) is 37.3 Å². The van der Waals surface area contributed by atoms with Crippen molar-refractivity contribution in [3.8, 4) is 5.75 Å². The summed E-state index contributed by atoms with van der Waals surface area (Å²) < 4.78 is 25.2. The van der Waals surface area contributed by atoms with E-state index in [-0.39, 0.29) is 30.7 Å². The maximum absolute atomic E-state index is 13.8. The molecule has 0 unspecified atom stereocenters. The molecule has 32 heavy (non-hydrogen) atoms. The second-order valence-corrected chi connectivity index (χ2v) is 9.32. The van der Waals surface area contributed by atoms with E-state index in [9.17, 15) is 14.0 Å². The predicted molar refractivity (Wildman–Crippen MR) is 125 cm³/mol. The Hall–Kier alpha value is -2.61. The average molecular weight is 509 g/mol. The molecule has 0 aliphatic rings. The average Bonchev–Trinajstić information content (AvgIpc) is 2.69. The molecule has 0 bridgehead atoms. The molecule has 2 amide bonds. The minimum atomic E-state index is -0.644. The first-order chi connectivity index (χ1) is 15.0. The SMILES string of the molecule is C[C@H](CCOc1c(F)cccc1Br)NC(=O)C[C@H](NC(=O)OC(C)(C)C)c1ccccc1. The molecule has 2 N–H and O–H groups in total. The third kappa shape index (κ3) is 8.86. The zero-order chi connectivity index (χ0) is 23.7. The number of halogens is 2. The van der Waals surface area contributed by atoms with E-state index < -0.39 is 23.6 Å². The van der Waals surface area contributed by atoms with Crippen molar-refractivity contribution in [3.63, 3.8) is 0 Å². The van der Waals surface area contributed by atoms with Crippen LogP contribution in [0.25, 0.3) is 0 Å². The molecule has 0 spiro atoms. The highest BCUT2D eigenvalue weighted by Gasteiger charge is 2.23. The summed E-state index contributed by atoms with van der Waals surface area (Å²) in [5.41, 5.74) is 0.156. The Morgan fingerprint density at radius 1 is 1.06 bits per heavy atom. The topological polar surface area (TPSA) is 76.7 Å². The maximum Gasteiger partial charge on any atom is 0.408 e. The van der Waals surface area contributed by atoms with Crippen LogP contribution in [-0.2, 0) is 9.53 Å². The van der Waals surface area contributed by atoms with Crippen LogP contribution < -0.4 is 15.4 Å². The lowest BCUT2D eigenvalue weighted by molar-refractivity contribution is -0.122. The first-order valence-corrected chi connectivity index (χ1v) is 11.2. The molecule has 0 saturated heterocycles. The normalized spacial score (nSPS) is 13.1. The van der Waals surface area contributed by atoms with E-state index in [4.69, 9.17) is 9.47 Å². The van der Waals surface area contributed by atoms with Crippen molar-refractivity contribution < 1.29 is 23.5 Å². The van der Waals surface area contributed by atoms with Crippen LogP contribution in [0.3, 0.4) is 0 Å². The van der Waals surface area contributed by atoms with E-state index >= 15 is 0 Å². The number of carbonyl (C=O) groups excluding carboxylic acids is 2. The molecule has 0 heterocycles. The van der Waals surface area contributed by atoms with Crippen molar-refractivity contribution >= 4 is 27.9 Å². The largest absolute Gasteiger partial charge is 0.489 e. The van der Waals surface area contributed by atoms with Crippen LogP contribution in [0.4, 0.5) is 9.18 Å². The van der Waals surface area contributed by atoms with Crippen LogP contribution in [0.5, 0.6) is 5.75 Å². The van der Waals surface area contributed by atoms with Gasteiger partial charge in [-0.05, 0) is 61.3 Å². The molecule has 0 radical (unpaired) electrons. The summed E-state index contributed by atoms with van der Waals surface area (Å²) >= 11 is 3.26. The molecule has 2 atom stereocenters. The molecular formula is C24H30BrFN2O4. The molecule has 2 aromatic rings. The smallest absolute Gasteiger partial charge is 0.408 e. The molecule has 0 saturated carbocycles. The van der Waals surface area contributed by atoms with Crippen molar-refractivity contribution in [3.05, 3.63) is 64.4 Å². The van der Waals surface area contributed by atoms with Gasteiger partial charge in [0.15, 0.2) is 11.6 Å². The first kappa shape index (κ1) is 25.6. The second-order valence-electron chi connectivity index (χ2n) is 8.47. The summed E-state index contributed by atoms with van der Waals surface area (Å²) in [6, 6.07) is 13.1. The standard InChI is InChI=1S/C24H30BrFN2O4/c1-16(13-14-31-22-18(25)11-8-12-19(22)26)27-21(29)15-20(17-9-6-5-7-10-17)28-23(30)32-24(2,3)4/h5-12,16,20H,13-15H2,1-4H3,(H,27,29)(H,28,30)/t16-,20+/m1/s1. The van der Waals surface area contributed by atoms with E-state index in [0.29, 0.717) is 10.9 Å². The van der Waals surface area contributed by atoms with E-state index in [1.165, 1.54) is 6.07 Å². The number of carbonyl (C=O) groups is 2. The Morgan fingerprint density at radius 3 is 2.38 bits per heavy atom. The van der Waals surface area contributed by atoms with Crippen molar-refractivity contribution in [2.75, 3.05) is 6.61 Å². The number of ether oxygens (including phenoxy) is 2. The number of benzene rings is 2. The summed E-state index contributed by atoms with van der Waals surface area (Å²) in [4.78, 5) is 24.9. The lowest BCUT2D eigenvalue weighted by Crippen LogP contribution is -2.39. The van der Waals surface area contributed by atoms with Gasteiger partial charge in [0.05, 0.1) is 23.5 Å². The summed E-state index contributed by atoms with van der Waals surface area (Å²) in [7, 11) is 0. The zero-order valence-corrected chi connectivity index (χ0v) is 20.4. The van der Waals surface area contributed by atoms with Gasteiger partial charge in [0, 0.05) is 12.5 Å². The van der Waals surface area contributed by atoms with Crippen LogP contribution in [0.1, 0.15) is 52.1 Å². The van der Waals surface area contributed by atoms with E-state index in [0.717, 1.165) is 5.56 Å². The maximum atomic E-state index is 13.8. The van der Waals surface area contributed by atoms with Gasteiger partial charge in [-0.25, -0.2) is 9.18 Å². The molecule has 2 aromatic carbocycles. The molecule has 0 aliphatic carbocycles. The van der Waals surface area contributed by atoms with Crippen molar-refractivity contribution in [2.45, 2.75) is 58.2 Å². The number of rotatable bonds is 9. The molecule has 174 valence electrons.